The normalized spacial score (nSPS) is 27.2. The van der Waals surface area contributed by atoms with Crippen LogP contribution in [0.15, 0.2) is 71.1 Å². The number of benzene rings is 2. The number of rotatable bonds is 6. The minimum atomic E-state index is -3.96. The molecule has 40 heavy (non-hydrogen) atoms. The van der Waals surface area contributed by atoms with Crippen molar-refractivity contribution in [2.75, 3.05) is 27.9 Å². The molecule has 2 fully saturated rings. The first-order valence-corrected chi connectivity index (χ1v) is 14.6. The molecule has 0 spiro atoms. The van der Waals surface area contributed by atoms with Crippen LogP contribution in [-0.2, 0) is 38.6 Å². The zero-order valence-electron chi connectivity index (χ0n) is 22.9. The number of esters is 3. The molecule has 9 nitrogen and oxygen atoms in total. The molecular formula is C30H33NO8S. The van der Waals surface area contributed by atoms with Crippen LogP contribution in [0.5, 0.6) is 0 Å². The predicted octanol–water partition coefficient (Wildman–Crippen LogP) is 3.44. The van der Waals surface area contributed by atoms with Crippen molar-refractivity contribution >= 4 is 27.9 Å². The summed E-state index contributed by atoms with van der Waals surface area (Å²) >= 11 is 0. The number of carbonyl (C=O) groups is 3. The Morgan fingerprint density at radius 2 is 1.50 bits per heavy atom. The molecule has 0 unspecified atom stereocenters. The molecule has 0 radical (unpaired) electrons. The van der Waals surface area contributed by atoms with E-state index < -0.39 is 57.1 Å². The van der Waals surface area contributed by atoms with Crippen LogP contribution in [0.2, 0.25) is 0 Å². The van der Waals surface area contributed by atoms with Gasteiger partial charge in [0.1, 0.15) is 0 Å². The van der Waals surface area contributed by atoms with Gasteiger partial charge in [0.15, 0.2) is 5.41 Å². The van der Waals surface area contributed by atoms with Crippen LogP contribution in [0.3, 0.4) is 0 Å². The summed E-state index contributed by atoms with van der Waals surface area (Å²) in [6.07, 6.45) is 2.11. The van der Waals surface area contributed by atoms with Crippen molar-refractivity contribution in [3.8, 4) is 0 Å². The molecule has 0 aromatic heterocycles. The van der Waals surface area contributed by atoms with Gasteiger partial charge in [-0.3, -0.25) is 14.4 Å². The van der Waals surface area contributed by atoms with Gasteiger partial charge in [0.05, 0.1) is 38.2 Å². The molecule has 10 heteroatoms. The van der Waals surface area contributed by atoms with Crippen molar-refractivity contribution < 1.29 is 37.0 Å². The minimum absolute atomic E-state index is 0.0395. The molecule has 1 saturated heterocycles. The summed E-state index contributed by atoms with van der Waals surface area (Å²) in [7, 11) is -0.219. The van der Waals surface area contributed by atoms with Crippen molar-refractivity contribution in [1.82, 2.24) is 4.31 Å². The Labute approximate surface area is 234 Å². The van der Waals surface area contributed by atoms with Crippen molar-refractivity contribution in [3.63, 3.8) is 0 Å². The van der Waals surface area contributed by atoms with E-state index in [-0.39, 0.29) is 30.2 Å². The van der Waals surface area contributed by atoms with Gasteiger partial charge in [0.25, 0.3) is 0 Å². The second-order valence-corrected chi connectivity index (χ2v) is 12.7. The highest BCUT2D eigenvalue weighted by molar-refractivity contribution is 7.89. The number of fused-ring (bicyclic) bond motifs is 2. The Morgan fingerprint density at radius 1 is 0.875 bits per heavy atom. The van der Waals surface area contributed by atoms with Gasteiger partial charge in [-0.05, 0) is 54.9 Å². The van der Waals surface area contributed by atoms with Crippen LogP contribution in [0, 0.1) is 36.0 Å². The van der Waals surface area contributed by atoms with Gasteiger partial charge < -0.3 is 14.2 Å². The third kappa shape index (κ3) is 4.34. The van der Waals surface area contributed by atoms with Gasteiger partial charge in [-0.2, -0.15) is 4.31 Å². The lowest BCUT2D eigenvalue weighted by Gasteiger charge is -2.35. The second kappa shape index (κ2) is 10.5. The molecule has 0 bridgehead atoms. The Kier molecular flexibility index (Phi) is 7.35. The molecular weight excluding hydrogens is 534 g/mol. The topological polar surface area (TPSA) is 116 Å². The molecule has 1 heterocycles. The fraction of sp³-hybridized carbons (Fsp3) is 0.433. The van der Waals surface area contributed by atoms with E-state index in [1.807, 2.05) is 43.3 Å². The maximum Gasteiger partial charge on any atom is 0.323 e. The molecule has 212 valence electrons. The first-order chi connectivity index (χ1) is 19.1. The highest BCUT2D eigenvalue weighted by atomic mass is 32.2. The third-order valence-electron chi connectivity index (χ3n) is 8.80. The molecule has 2 aromatic carbocycles. The Balaban J connectivity index is 1.66. The van der Waals surface area contributed by atoms with Crippen LogP contribution >= 0.6 is 0 Å². The number of hydrogen-bond donors (Lipinski definition) is 0. The summed E-state index contributed by atoms with van der Waals surface area (Å²) in [5, 5.41) is 0. The smallest absolute Gasteiger partial charge is 0.323 e. The van der Waals surface area contributed by atoms with Crippen LogP contribution in [0.25, 0.3) is 0 Å². The van der Waals surface area contributed by atoms with Crippen LogP contribution in [0.4, 0.5) is 0 Å². The van der Waals surface area contributed by atoms with Gasteiger partial charge in [-0.25, -0.2) is 8.42 Å². The quantitative estimate of drug-likeness (QED) is 0.226. The summed E-state index contributed by atoms with van der Waals surface area (Å²) < 4.78 is 44.9. The van der Waals surface area contributed by atoms with Crippen LogP contribution in [-0.4, -0.2) is 58.5 Å². The number of methoxy groups -OCH3 is 3. The van der Waals surface area contributed by atoms with E-state index in [0.29, 0.717) is 0 Å². The molecule has 5 atom stereocenters. The number of ether oxygens (including phenoxy) is 3. The molecule has 2 aliphatic carbocycles. The highest BCUT2D eigenvalue weighted by Crippen LogP contribution is 2.60. The molecule has 3 aliphatic rings. The average Bonchev–Trinajstić information content (AvgIpc) is 3.55. The monoisotopic (exact) mass is 567 g/mol. The Hall–Kier alpha value is -3.50. The van der Waals surface area contributed by atoms with Crippen LogP contribution < -0.4 is 0 Å². The molecule has 5 rings (SSSR count). The van der Waals surface area contributed by atoms with Crippen molar-refractivity contribution in [2.24, 2.45) is 29.1 Å². The molecule has 1 saturated carbocycles. The van der Waals surface area contributed by atoms with Crippen LogP contribution in [0.1, 0.15) is 30.0 Å². The van der Waals surface area contributed by atoms with E-state index >= 15 is 0 Å². The van der Waals surface area contributed by atoms with E-state index in [9.17, 15) is 22.8 Å². The number of aryl methyl sites for hydroxylation is 1. The average molecular weight is 568 g/mol. The van der Waals surface area contributed by atoms with Gasteiger partial charge in [-0.15, -0.1) is 0 Å². The third-order valence-corrected chi connectivity index (χ3v) is 10.6. The first kappa shape index (κ1) is 28.0. The van der Waals surface area contributed by atoms with Gasteiger partial charge in [0.2, 0.25) is 10.0 Å². The zero-order chi connectivity index (χ0) is 28.8. The molecule has 2 aromatic rings. The zero-order valence-corrected chi connectivity index (χ0v) is 23.7. The van der Waals surface area contributed by atoms with E-state index in [4.69, 9.17) is 14.2 Å². The fourth-order valence-corrected chi connectivity index (χ4v) is 8.61. The van der Waals surface area contributed by atoms with Gasteiger partial charge in [-0.1, -0.05) is 54.1 Å². The number of sulfonamides is 1. The summed E-state index contributed by atoms with van der Waals surface area (Å²) in [6.45, 7) is 1.94. The number of hydrogen-bond acceptors (Lipinski definition) is 8. The molecule has 0 amide bonds. The Morgan fingerprint density at radius 3 is 2.08 bits per heavy atom. The fourth-order valence-electron chi connectivity index (χ4n) is 6.98. The van der Waals surface area contributed by atoms with Crippen molar-refractivity contribution in [2.45, 2.75) is 30.7 Å². The van der Waals surface area contributed by atoms with E-state index in [1.54, 1.807) is 24.3 Å². The van der Waals surface area contributed by atoms with Crippen molar-refractivity contribution in [1.29, 1.82) is 0 Å². The number of carbonyl (C=O) groups excluding carboxylic acids is 3. The lowest BCUT2D eigenvalue weighted by Crippen LogP contribution is -2.41. The summed E-state index contributed by atoms with van der Waals surface area (Å²) in [5.41, 5.74) is 0.911. The SMILES string of the molecule is COC(=O)[C@H]1[C@@H]2CC(C(=O)OC)(C(=O)OC)C[C@H]2C=C2[C@H]1CN(S(=O)(=O)c1ccc(C)cc1)[C@H]2c1ccccc1. The number of allylic oxidation sites excluding steroid dienone is 1. The summed E-state index contributed by atoms with van der Waals surface area (Å²) in [6, 6.07) is 15.3. The van der Waals surface area contributed by atoms with Gasteiger partial charge >= 0.3 is 17.9 Å². The van der Waals surface area contributed by atoms with Crippen molar-refractivity contribution in [3.05, 3.63) is 77.4 Å². The van der Waals surface area contributed by atoms with E-state index in [2.05, 4.69) is 0 Å². The maximum atomic E-state index is 14.1. The summed E-state index contributed by atoms with van der Waals surface area (Å²) in [5.74, 6) is -4.01. The largest absolute Gasteiger partial charge is 0.469 e. The lowest BCUT2D eigenvalue weighted by atomic mass is 9.68. The predicted molar refractivity (Wildman–Crippen MR) is 144 cm³/mol. The molecule has 0 N–H and O–H groups in total. The Bertz CT molecular complexity index is 1430. The molecule has 1 aliphatic heterocycles. The van der Waals surface area contributed by atoms with Gasteiger partial charge in [0, 0.05) is 12.5 Å². The first-order valence-electron chi connectivity index (χ1n) is 13.2. The highest BCUT2D eigenvalue weighted by Gasteiger charge is 2.63. The van der Waals surface area contributed by atoms with E-state index in [0.717, 1.165) is 16.7 Å². The minimum Gasteiger partial charge on any atom is -0.469 e. The lowest BCUT2D eigenvalue weighted by molar-refractivity contribution is -0.169. The van der Waals surface area contributed by atoms with E-state index in [1.165, 1.54) is 25.6 Å². The number of nitrogens with zero attached hydrogens (tertiary/aromatic N) is 1. The second-order valence-electron chi connectivity index (χ2n) is 10.8. The summed E-state index contributed by atoms with van der Waals surface area (Å²) in [4.78, 5) is 39.5. The maximum absolute atomic E-state index is 14.1. The standard InChI is InChI=1S/C30H33NO8S/c1-18-10-12-21(13-11-18)40(35,36)31-17-24-22(26(31)19-8-6-5-7-9-19)14-20-15-30(28(33)38-3,29(34)39-4)16-23(20)25(24)27(32)37-2/h5-14,20,23-26H,15-17H2,1-4H3/t20-,23-,24-,25+,26+/m1/s1.